The van der Waals surface area contributed by atoms with Crippen LogP contribution in [-0.4, -0.2) is 55.8 Å². The van der Waals surface area contributed by atoms with Gasteiger partial charge in [0.05, 0.1) is 10.5 Å². The number of hydrogen-bond donors (Lipinski definition) is 0. The Balaban J connectivity index is 2.16. The fourth-order valence-corrected chi connectivity index (χ4v) is 4.31. The molecule has 0 aliphatic carbocycles. The highest BCUT2D eigenvalue weighted by Crippen LogP contribution is 2.21. The average Bonchev–Trinajstić information content (AvgIpc) is 2.57. The maximum atomic E-state index is 12.6. The van der Waals surface area contributed by atoms with E-state index in [1.54, 1.807) is 50.1 Å². The van der Waals surface area contributed by atoms with Gasteiger partial charge in [0.1, 0.15) is 0 Å². The molecule has 0 N–H and O–H groups in total. The smallest absolute Gasteiger partial charge is 0.253 e. The van der Waals surface area contributed by atoms with Crippen LogP contribution >= 0.6 is 0 Å². The van der Waals surface area contributed by atoms with Crippen LogP contribution in [0, 0.1) is 0 Å². The molecular weight excluding hydrogens is 328 g/mol. The fraction of sp³-hybridized carbons (Fsp3) is 0.412. The van der Waals surface area contributed by atoms with E-state index in [0.717, 1.165) is 0 Å². The first kappa shape index (κ1) is 18.2. The first-order valence-corrected chi connectivity index (χ1v) is 9.31. The van der Waals surface area contributed by atoms with Gasteiger partial charge >= 0.3 is 0 Å². The van der Waals surface area contributed by atoms with Crippen LogP contribution < -0.4 is 4.90 Å². The summed E-state index contributed by atoms with van der Waals surface area (Å²) in [5.41, 5.74) is 1.12. The molecule has 2 atom stereocenters. The zero-order valence-electron chi connectivity index (χ0n) is 14.1. The summed E-state index contributed by atoms with van der Waals surface area (Å²) in [6, 6.07) is 6.65. The second kappa shape index (κ2) is 6.76. The van der Waals surface area contributed by atoms with E-state index in [9.17, 15) is 18.0 Å². The Kier molecular flexibility index (Phi) is 5.13. The summed E-state index contributed by atoms with van der Waals surface area (Å²) in [6.07, 6.45) is 1.22. The number of carbonyl (C=O) groups excluding carboxylic acids is 2. The first-order valence-electron chi connectivity index (χ1n) is 7.70. The summed E-state index contributed by atoms with van der Waals surface area (Å²) in [6.45, 7) is 7.09. The predicted octanol–water partition coefficient (Wildman–Crippen LogP) is 1.48. The van der Waals surface area contributed by atoms with Crippen molar-refractivity contribution in [3.63, 3.8) is 0 Å². The van der Waals surface area contributed by atoms with Crippen LogP contribution in [0.1, 0.15) is 24.2 Å². The highest BCUT2D eigenvalue weighted by molar-refractivity contribution is 7.92. The Labute approximate surface area is 142 Å². The normalized spacial score (nSPS) is 22.7. The van der Waals surface area contributed by atoms with Crippen LogP contribution in [0.5, 0.6) is 0 Å². The van der Waals surface area contributed by atoms with Crippen molar-refractivity contribution in [3.05, 3.63) is 42.5 Å². The van der Waals surface area contributed by atoms with Crippen molar-refractivity contribution >= 4 is 27.3 Å². The Morgan fingerprint density at radius 3 is 2.12 bits per heavy atom. The lowest BCUT2D eigenvalue weighted by atomic mass is 10.1. The van der Waals surface area contributed by atoms with Gasteiger partial charge in [0, 0.05) is 31.4 Å². The zero-order chi connectivity index (χ0) is 18.1. The van der Waals surface area contributed by atoms with Gasteiger partial charge in [-0.2, -0.15) is 0 Å². The summed E-state index contributed by atoms with van der Waals surface area (Å²) in [5, 5.41) is -1.14. The quantitative estimate of drug-likeness (QED) is 0.774. The molecule has 7 heteroatoms. The number of carbonyl (C=O) groups is 2. The van der Waals surface area contributed by atoms with Crippen LogP contribution in [0.3, 0.4) is 0 Å². The van der Waals surface area contributed by atoms with Gasteiger partial charge in [-0.05, 0) is 44.2 Å². The topological polar surface area (TPSA) is 74.8 Å². The molecule has 1 aromatic carbocycles. The fourth-order valence-electron chi connectivity index (χ4n) is 2.74. The second-order valence-electron chi connectivity index (χ2n) is 6.07. The van der Waals surface area contributed by atoms with Crippen LogP contribution in [0.4, 0.5) is 5.69 Å². The first-order chi connectivity index (χ1) is 11.2. The van der Waals surface area contributed by atoms with Crippen molar-refractivity contribution in [1.82, 2.24) is 4.90 Å². The largest absolute Gasteiger partial charge is 0.336 e. The van der Waals surface area contributed by atoms with Crippen molar-refractivity contribution in [2.45, 2.75) is 24.3 Å². The number of nitrogens with zero attached hydrogens (tertiary/aromatic N) is 2. The van der Waals surface area contributed by atoms with Crippen LogP contribution in [-0.2, 0) is 14.6 Å². The van der Waals surface area contributed by atoms with Gasteiger partial charge in [0.15, 0.2) is 9.84 Å². The van der Waals surface area contributed by atoms with Gasteiger partial charge in [-0.25, -0.2) is 8.42 Å². The molecule has 1 heterocycles. The number of benzene rings is 1. The number of likely N-dealkylation sites (N-methyl/N-ethyl adjacent to an activating group) is 1. The number of sulfone groups is 1. The Bertz CT molecular complexity index is 737. The average molecular weight is 350 g/mol. The van der Waals surface area contributed by atoms with E-state index in [1.165, 1.54) is 11.0 Å². The molecule has 1 aliphatic heterocycles. The Hall–Kier alpha value is -2.15. The SMILES string of the molecule is C=CC(=O)N(C)c1ccc(C(=O)N2CC(C)S(=O)(=O)C(C)C2)cc1. The lowest BCUT2D eigenvalue weighted by Crippen LogP contribution is -2.52. The van der Waals surface area contributed by atoms with Gasteiger partial charge < -0.3 is 9.80 Å². The third kappa shape index (κ3) is 3.36. The Morgan fingerprint density at radius 1 is 1.17 bits per heavy atom. The third-order valence-corrected chi connectivity index (χ3v) is 6.91. The molecule has 1 saturated heterocycles. The van der Waals surface area contributed by atoms with E-state index < -0.39 is 20.3 Å². The van der Waals surface area contributed by atoms with Crippen molar-refractivity contribution in [3.8, 4) is 0 Å². The van der Waals surface area contributed by atoms with Gasteiger partial charge in [-0.15, -0.1) is 0 Å². The number of hydrogen-bond acceptors (Lipinski definition) is 4. The maximum Gasteiger partial charge on any atom is 0.253 e. The molecular formula is C17H22N2O4S. The van der Waals surface area contributed by atoms with E-state index in [-0.39, 0.29) is 24.9 Å². The lowest BCUT2D eigenvalue weighted by Gasteiger charge is -2.35. The van der Waals surface area contributed by atoms with Crippen LogP contribution in [0.15, 0.2) is 36.9 Å². The molecule has 0 bridgehead atoms. The van der Waals surface area contributed by atoms with E-state index >= 15 is 0 Å². The standard InChI is InChI=1S/C17H22N2O4S/c1-5-16(20)18(4)15-8-6-14(7-9-15)17(21)19-10-12(2)24(22,23)13(3)11-19/h5-9,12-13H,1,10-11H2,2-4H3. The molecule has 130 valence electrons. The molecule has 0 saturated carbocycles. The molecule has 24 heavy (non-hydrogen) atoms. The molecule has 0 spiro atoms. The molecule has 1 aromatic rings. The molecule has 2 unspecified atom stereocenters. The van der Waals surface area contributed by atoms with Crippen molar-refractivity contribution in [2.24, 2.45) is 0 Å². The minimum atomic E-state index is -3.17. The van der Waals surface area contributed by atoms with Crippen molar-refractivity contribution in [2.75, 3.05) is 25.0 Å². The minimum absolute atomic E-state index is 0.197. The maximum absolute atomic E-state index is 12.6. The molecule has 2 rings (SSSR count). The van der Waals surface area contributed by atoms with E-state index in [2.05, 4.69) is 6.58 Å². The van der Waals surface area contributed by atoms with E-state index in [0.29, 0.717) is 11.3 Å². The number of rotatable bonds is 3. The molecule has 6 nitrogen and oxygen atoms in total. The second-order valence-corrected chi connectivity index (χ2v) is 8.86. The molecule has 1 aliphatic rings. The minimum Gasteiger partial charge on any atom is -0.336 e. The van der Waals surface area contributed by atoms with Gasteiger partial charge in [-0.1, -0.05) is 6.58 Å². The van der Waals surface area contributed by atoms with Gasteiger partial charge in [-0.3, -0.25) is 9.59 Å². The van der Waals surface area contributed by atoms with E-state index in [4.69, 9.17) is 0 Å². The van der Waals surface area contributed by atoms with Crippen molar-refractivity contribution in [1.29, 1.82) is 0 Å². The number of amides is 2. The summed E-state index contributed by atoms with van der Waals surface area (Å²) >= 11 is 0. The molecule has 0 radical (unpaired) electrons. The lowest BCUT2D eigenvalue weighted by molar-refractivity contribution is -0.113. The summed E-state index contributed by atoms with van der Waals surface area (Å²) in [7, 11) is -1.54. The van der Waals surface area contributed by atoms with Gasteiger partial charge in [0.2, 0.25) is 5.91 Å². The van der Waals surface area contributed by atoms with Gasteiger partial charge in [0.25, 0.3) is 5.91 Å². The molecule has 2 amide bonds. The van der Waals surface area contributed by atoms with Crippen molar-refractivity contribution < 1.29 is 18.0 Å². The summed E-state index contributed by atoms with van der Waals surface area (Å²) in [4.78, 5) is 27.2. The van der Waals surface area contributed by atoms with E-state index in [1.807, 2.05) is 0 Å². The van der Waals surface area contributed by atoms with Crippen LogP contribution in [0.2, 0.25) is 0 Å². The monoisotopic (exact) mass is 350 g/mol. The summed E-state index contributed by atoms with van der Waals surface area (Å²) < 4.78 is 24.1. The summed E-state index contributed by atoms with van der Waals surface area (Å²) in [5.74, 6) is -0.439. The van der Waals surface area contributed by atoms with Crippen LogP contribution in [0.25, 0.3) is 0 Å². The highest BCUT2D eigenvalue weighted by Gasteiger charge is 2.37. The Morgan fingerprint density at radius 2 is 1.67 bits per heavy atom. The number of anilines is 1. The molecule has 0 aromatic heterocycles. The molecule has 1 fully saturated rings. The third-order valence-electron chi connectivity index (χ3n) is 4.37. The predicted molar refractivity (Wildman–Crippen MR) is 93.8 cm³/mol. The zero-order valence-corrected chi connectivity index (χ0v) is 14.9. The highest BCUT2D eigenvalue weighted by atomic mass is 32.2.